The average Bonchev–Trinajstić information content (AvgIpc) is 3.09. The van der Waals surface area contributed by atoms with Gasteiger partial charge in [0.25, 0.3) is 0 Å². The Bertz CT molecular complexity index is 1070. The van der Waals surface area contributed by atoms with E-state index < -0.39 is 12.2 Å². The van der Waals surface area contributed by atoms with Crippen LogP contribution in [-0.2, 0) is 0 Å². The summed E-state index contributed by atoms with van der Waals surface area (Å²) in [5, 5.41) is 19.2. The highest BCUT2D eigenvalue weighted by atomic mass is 16.3. The Morgan fingerprint density at radius 1 is 0.438 bits per heavy atom. The van der Waals surface area contributed by atoms with Gasteiger partial charge >= 0.3 is 0 Å². The van der Waals surface area contributed by atoms with E-state index in [1.807, 2.05) is 18.2 Å². The van der Waals surface area contributed by atoms with E-state index in [0.29, 0.717) is 0 Å². The zero-order valence-corrected chi connectivity index (χ0v) is 30.4. The number of aliphatic hydroxyl groups excluding tert-OH is 2. The number of hydrogen-bond donors (Lipinski definition) is 2. The van der Waals surface area contributed by atoms with E-state index in [1.54, 1.807) is 6.08 Å². The minimum absolute atomic E-state index is 0.746. The van der Waals surface area contributed by atoms with Crippen LogP contribution in [0.15, 0.2) is 60.8 Å². The predicted molar refractivity (Wildman–Crippen MR) is 211 cm³/mol. The highest BCUT2D eigenvalue weighted by Crippen LogP contribution is 2.13. The second kappa shape index (κ2) is 40.0. The van der Waals surface area contributed by atoms with E-state index in [1.165, 1.54) is 103 Å². The lowest BCUT2D eigenvalue weighted by Gasteiger charge is -2.02. The van der Waals surface area contributed by atoms with Gasteiger partial charge in [0.2, 0.25) is 0 Å². The lowest BCUT2D eigenvalue weighted by atomic mass is 10.0. The zero-order chi connectivity index (χ0) is 34.9. The third-order valence-electron chi connectivity index (χ3n) is 8.10. The van der Waals surface area contributed by atoms with Crippen LogP contribution in [0.3, 0.4) is 0 Å². The standard InChI is InChI=1S/C46H68O2/c1-3-5-6-7-8-9-10-11-12-13-14-15-16-17-18-19-20-21-25-28-31-34-37-40-43-46(48)44-41-38-35-32-29-26-23-22-24-27-30-33-36-39-42-45(47)4-2/h1-2,5-6,21,23,25-26,34,37,39,42,45-48H,7-20,22,24,27-33,35-36,38H2/b6-5-,25-21-,26-23-,37-34-,42-39+. The van der Waals surface area contributed by atoms with Gasteiger partial charge in [0.1, 0.15) is 6.10 Å². The van der Waals surface area contributed by atoms with E-state index in [4.69, 9.17) is 12.8 Å². The van der Waals surface area contributed by atoms with Crippen molar-refractivity contribution < 1.29 is 10.2 Å². The molecule has 0 fully saturated rings. The van der Waals surface area contributed by atoms with Crippen LogP contribution in [-0.4, -0.2) is 22.4 Å². The Kier molecular flexibility index (Phi) is 37.4. The molecule has 0 saturated carbocycles. The van der Waals surface area contributed by atoms with Gasteiger partial charge in [-0.25, -0.2) is 0 Å². The summed E-state index contributed by atoms with van der Waals surface area (Å²) in [4.78, 5) is 0. The maximum Gasteiger partial charge on any atom is 0.176 e. The Morgan fingerprint density at radius 2 is 0.854 bits per heavy atom. The summed E-state index contributed by atoms with van der Waals surface area (Å²) >= 11 is 0. The van der Waals surface area contributed by atoms with Crippen molar-refractivity contribution in [3.63, 3.8) is 0 Å². The van der Waals surface area contributed by atoms with Gasteiger partial charge in [-0.15, -0.1) is 12.8 Å². The molecule has 0 aliphatic rings. The molecule has 2 unspecified atom stereocenters. The normalized spacial score (nSPS) is 12.8. The Balaban J connectivity index is 3.51. The molecule has 2 atom stereocenters. The van der Waals surface area contributed by atoms with Crippen LogP contribution in [0.1, 0.15) is 167 Å². The Labute approximate surface area is 297 Å². The third kappa shape index (κ3) is 39.0. The first-order chi connectivity index (χ1) is 23.7. The first-order valence-corrected chi connectivity index (χ1v) is 19.2. The van der Waals surface area contributed by atoms with Crippen LogP contribution in [0.5, 0.6) is 0 Å². The molecule has 0 spiro atoms. The molecule has 0 aromatic carbocycles. The van der Waals surface area contributed by atoms with E-state index in [9.17, 15) is 10.2 Å². The van der Waals surface area contributed by atoms with E-state index in [0.717, 1.165) is 64.2 Å². The smallest absolute Gasteiger partial charge is 0.176 e. The summed E-state index contributed by atoms with van der Waals surface area (Å²) < 4.78 is 0. The molecule has 0 aliphatic carbocycles. The van der Waals surface area contributed by atoms with Gasteiger partial charge in [-0.05, 0) is 102 Å². The minimum Gasteiger partial charge on any atom is -0.377 e. The van der Waals surface area contributed by atoms with E-state index in [-0.39, 0.29) is 0 Å². The van der Waals surface area contributed by atoms with Crippen molar-refractivity contribution >= 4 is 0 Å². The molecule has 0 heterocycles. The number of rotatable bonds is 30. The molecule has 0 radical (unpaired) electrons. The van der Waals surface area contributed by atoms with Crippen LogP contribution in [0.4, 0.5) is 0 Å². The average molecular weight is 653 g/mol. The van der Waals surface area contributed by atoms with Gasteiger partial charge in [-0.1, -0.05) is 155 Å². The van der Waals surface area contributed by atoms with Gasteiger partial charge in [-0.2, -0.15) is 0 Å². The summed E-state index contributed by atoms with van der Waals surface area (Å²) in [7, 11) is 0. The molecule has 0 bridgehead atoms. The van der Waals surface area contributed by atoms with Crippen molar-refractivity contribution in [1.29, 1.82) is 0 Å². The number of unbranched alkanes of at least 4 members (excludes halogenated alkanes) is 22. The fourth-order valence-electron chi connectivity index (χ4n) is 5.22. The molecule has 0 aliphatic heterocycles. The maximum atomic E-state index is 9.93. The summed E-state index contributed by atoms with van der Waals surface area (Å²) in [6, 6.07) is 0. The van der Waals surface area contributed by atoms with Gasteiger partial charge in [0, 0.05) is 6.42 Å². The van der Waals surface area contributed by atoms with Crippen LogP contribution >= 0.6 is 0 Å². The first-order valence-electron chi connectivity index (χ1n) is 19.2. The van der Waals surface area contributed by atoms with Crippen LogP contribution in [0, 0.1) is 48.4 Å². The van der Waals surface area contributed by atoms with Crippen LogP contribution in [0.2, 0.25) is 0 Å². The van der Waals surface area contributed by atoms with Crippen LogP contribution in [0.25, 0.3) is 0 Å². The number of terminal acetylenes is 2. The van der Waals surface area contributed by atoms with Crippen molar-refractivity contribution in [3.05, 3.63) is 60.8 Å². The van der Waals surface area contributed by atoms with Gasteiger partial charge < -0.3 is 10.2 Å². The fourth-order valence-corrected chi connectivity index (χ4v) is 5.22. The second-order valence-corrected chi connectivity index (χ2v) is 12.6. The topological polar surface area (TPSA) is 40.5 Å². The monoisotopic (exact) mass is 653 g/mol. The maximum absolute atomic E-state index is 9.93. The second-order valence-electron chi connectivity index (χ2n) is 12.6. The first kappa shape index (κ1) is 44.9. The van der Waals surface area contributed by atoms with Crippen molar-refractivity contribution in [2.45, 2.75) is 179 Å². The summed E-state index contributed by atoms with van der Waals surface area (Å²) in [5.41, 5.74) is 0. The number of aliphatic hydroxyl groups is 2. The van der Waals surface area contributed by atoms with Crippen molar-refractivity contribution in [2.75, 3.05) is 0 Å². The lowest BCUT2D eigenvalue weighted by Crippen LogP contribution is -1.97. The van der Waals surface area contributed by atoms with Gasteiger partial charge in [-0.3, -0.25) is 0 Å². The molecule has 2 nitrogen and oxygen atoms in total. The van der Waals surface area contributed by atoms with Crippen LogP contribution < -0.4 is 0 Å². The highest BCUT2D eigenvalue weighted by Gasteiger charge is 1.94. The lowest BCUT2D eigenvalue weighted by molar-refractivity contribution is 0.280. The van der Waals surface area contributed by atoms with Crippen molar-refractivity contribution in [3.8, 4) is 48.4 Å². The minimum atomic E-state index is -0.867. The molecule has 0 aromatic rings. The highest BCUT2D eigenvalue weighted by molar-refractivity contribution is 5.24. The predicted octanol–water partition coefficient (Wildman–Crippen LogP) is 11.9. The number of hydrogen-bond acceptors (Lipinski definition) is 2. The molecule has 2 N–H and O–H groups in total. The molecular formula is C46H68O2. The van der Waals surface area contributed by atoms with E-state index >= 15 is 0 Å². The molecule has 264 valence electrons. The van der Waals surface area contributed by atoms with Gasteiger partial charge in [0.15, 0.2) is 6.10 Å². The summed E-state index contributed by atoms with van der Waals surface area (Å²) in [6.07, 6.45) is 61.1. The van der Waals surface area contributed by atoms with Gasteiger partial charge in [0.05, 0.1) is 0 Å². The van der Waals surface area contributed by atoms with Crippen molar-refractivity contribution in [2.24, 2.45) is 0 Å². The van der Waals surface area contributed by atoms with Crippen molar-refractivity contribution in [1.82, 2.24) is 0 Å². The summed E-state index contributed by atoms with van der Waals surface area (Å²) in [6.45, 7) is 0. The molecule has 0 aromatic heterocycles. The summed E-state index contributed by atoms with van der Waals surface area (Å²) in [5.74, 6) is 16.4. The molecule has 0 amide bonds. The quantitative estimate of drug-likeness (QED) is 0.0460. The molecule has 0 rings (SSSR count). The molecule has 0 saturated heterocycles. The molecular weight excluding hydrogens is 585 g/mol. The Hall–Kier alpha value is -3.14. The SMILES string of the molecule is C#C/C=C\CCCCCCCCCCCCCC/C=C\CC/C=C\C#CC(O)C#CCCCC/C=C\CCCCCC/C=C/C(O)C#C. The van der Waals surface area contributed by atoms with E-state index in [2.05, 4.69) is 72.0 Å². The largest absolute Gasteiger partial charge is 0.377 e. The zero-order valence-electron chi connectivity index (χ0n) is 30.4. The molecule has 2 heteroatoms. The molecule has 48 heavy (non-hydrogen) atoms. The Morgan fingerprint density at radius 3 is 1.38 bits per heavy atom. The third-order valence-corrected chi connectivity index (χ3v) is 8.10. The number of allylic oxidation sites excluding steroid dienone is 9. The fraction of sp³-hybridized carbons (Fsp3) is 0.609.